The summed E-state index contributed by atoms with van der Waals surface area (Å²) in [4.78, 5) is 0. The molecule has 0 amide bonds. The van der Waals surface area contributed by atoms with Crippen LogP contribution in [0.2, 0.25) is 0 Å². The van der Waals surface area contributed by atoms with E-state index in [9.17, 15) is 26.3 Å². The first kappa shape index (κ1) is 13.5. The molecule has 0 spiro atoms. The van der Waals surface area contributed by atoms with E-state index in [4.69, 9.17) is 0 Å². The lowest BCUT2D eigenvalue weighted by Gasteiger charge is -2.11. The van der Waals surface area contributed by atoms with Crippen LogP contribution >= 0.6 is 0 Å². The van der Waals surface area contributed by atoms with Gasteiger partial charge in [-0.2, -0.15) is 0 Å². The van der Waals surface area contributed by atoms with Crippen LogP contribution in [0.3, 0.4) is 0 Å². The zero-order valence-corrected chi connectivity index (χ0v) is 9.34. The highest BCUT2D eigenvalue weighted by atomic mass is 19.2. The Kier molecular flexibility index (Phi) is 3.26. The van der Waals surface area contributed by atoms with Gasteiger partial charge in [0.1, 0.15) is 5.82 Å². The Morgan fingerprint density at radius 1 is 0.789 bits per heavy atom. The van der Waals surface area contributed by atoms with E-state index in [1.165, 1.54) is 0 Å². The third kappa shape index (κ3) is 1.87. The van der Waals surface area contributed by atoms with Crippen molar-refractivity contribution in [2.24, 2.45) is 0 Å². The predicted molar refractivity (Wildman–Crippen MR) is 57.6 cm³/mol. The molecule has 0 heterocycles. The average Bonchev–Trinajstić information content (AvgIpc) is 2.36. The van der Waals surface area contributed by atoms with E-state index < -0.39 is 57.7 Å². The fourth-order valence-electron chi connectivity index (χ4n) is 1.88. The molecule has 0 radical (unpaired) electrons. The summed E-state index contributed by atoms with van der Waals surface area (Å²) in [6, 6.07) is 0.0791. The summed E-state index contributed by atoms with van der Waals surface area (Å²) in [5, 5.41) is -2.07. The van der Waals surface area contributed by atoms with Gasteiger partial charge in [0.15, 0.2) is 29.1 Å². The predicted octanol–water partition coefficient (Wildman–Crippen LogP) is 4.40. The molecule has 0 aliphatic rings. The SMILES string of the molecule is C=CCc1c(F)c(F)c(F)c2c(F)cc(F)c(F)c12. The fraction of sp³-hybridized carbons (Fsp3) is 0.0769. The van der Waals surface area contributed by atoms with Crippen molar-refractivity contribution in [1.82, 2.24) is 0 Å². The van der Waals surface area contributed by atoms with Gasteiger partial charge in [-0.3, -0.25) is 0 Å². The van der Waals surface area contributed by atoms with Crippen LogP contribution in [0.1, 0.15) is 5.56 Å². The first-order valence-electron chi connectivity index (χ1n) is 5.13. The molecule has 2 rings (SSSR count). The van der Waals surface area contributed by atoms with E-state index in [1.807, 2.05) is 0 Å². The highest BCUT2D eigenvalue weighted by molar-refractivity contribution is 5.88. The number of allylic oxidation sites excluding steroid dienone is 1. The van der Waals surface area contributed by atoms with Crippen LogP contribution in [-0.2, 0) is 6.42 Å². The van der Waals surface area contributed by atoms with Crippen LogP contribution in [0.5, 0.6) is 0 Å². The summed E-state index contributed by atoms with van der Waals surface area (Å²) in [5.41, 5.74) is -0.681. The summed E-state index contributed by atoms with van der Waals surface area (Å²) in [7, 11) is 0. The van der Waals surface area contributed by atoms with E-state index in [1.54, 1.807) is 0 Å². The van der Waals surface area contributed by atoms with Crippen LogP contribution in [0.25, 0.3) is 10.8 Å². The zero-order chi connectivity index (χ0) is 14.3. The number of hydrogen-bond acceptors (Lipinski definition) is 0. The van der Waals surface area contributed by atoms with E-state index in [0.717, 1.165) is 6.08 Å². The maximum absolute atomic E-state index is 13.6. The summed E-state index contributed by atoms with van der Waals surface area (Å²) < 4.78 is 80.5. The summed E-state index contributed by atoms with van der Waals surface area (Å²) in [6.07, 6.45) is 0.677. The lowest BCUT2D eigenvalue weighted by molar-refractivity contribution is 0.443. The molecule has 6 heteroatoms. The van der Waals surface area contributed by atoms with Crippen molar-refractivity contribution in [3.8, 4) is 0 Å². The molecule has 0 atom stereocenters. The van der Waals surface area contributed by atoms with Crippen molar-refractivity contribution in [3.63, 3.8) is 0 Å². The lowest BCUT2D eigenvalue weighted by atomic mass is 9.99. The number of rotatable bonds is 2. The van der Waals surface area contributed by atoms with Gasteiger partial charge in [0.25, 0.3) is 0 Å². The van der Waals surface area contributed by atoms with Gasteiger partial charge in [-0.05, 0) is 6.42 Å². The van der Waals surface area contributed by atoms with Crippen LogP contribution in [0.4, 0.5) is 26.3 Å². The minimum absolute atomic E-state index is 0.0791. The standard InChI is InChI=1S/C13H6F6/c1-2-3-5-8-9(12(18)13(19)10(5)16)6(14)4-7(15)11(8)17/h2,4H,1,3H2. The summed E-state index contributed by atoms with van der Waals surface area (Å²) in [6.45, 7) is 3.24. The molecular weight excluding hydrogens is 270 g/mol. The Balaban J connectivity index is 3.11. The Morgan fingerprint density at radius 2 is 1.42 bits per heavy atom. The van der Waals surface area contributed by atoms with Crippen LogP contribution in [0.15, 0.2) is 18.7 Å². The van der Waals surface area contributed by atoms with Crippen LogP contribution in [-0.4, -0.2) is 0 Å². The third-order valence-electron chi connectivity index (χ3n) is 2.69. The minimum atomic E-state index is -1.94. The van der Waals surface area contributed by atoms with E-state index >= 15 is 0 Å². The quantitative estimate of drug-likeness (QED) is 0.330. The molecule has 2 aromatic carbocycles. The second-order valence-electron chi connectivity index (χ2n) is 3.82. The molecule has 0 aliphatic carbocycles. The van der Waals surface area contributed by atoms with Gasteiger partial charge < -0.3 is 0 Å². The van der Waals surface area contributed by atoms with Gasteiger partial charge in [-0.1, -0.05) is 6.08 Å². The van der Waals surface area contributed by atoms with Crippen molar-refractivity contribution in [1.29, 1.82) is 0 Å². The Morgan fingerprint density at radius 3 is 2.00 bits per heavy atom. The molecule has 2 aromatic rings. The Bertz CT molecular complexity index is 690. The summed E-state index contributed by atoms with van der Waals surface area (Å²) in [5.74, 6) is -10.3. The molecule has 0 saturated carbocycles. The molecule has 0 bridgehead atoms. The molecule has 0 aliphatic heterocycles. The summed E-state index contributed by atoms with van der Waals surface area (Å²) >= 11 is 0. The minimum Gasteiger partial charge on any atom is -0.206 e. The first-order chi connectivity index (χ1) is 8.90. The molecule has 100 valence electrons. The Labute approximate surface area is 104 Å². The largest absolute Gasteiger partial charge is 0.206 e. The lowest BCUT2D eigenvalue weighted by Crippen LogP contribution is -2.05. The number of benzene rings is 2. The molecule has 0 fully saturated rings. The smallest absolute Gasteiger partial charge is 0.195 e. The van der Waals surface area contributed by atoms with Gasteiger partial charge in [-0.15, -0.1) is 6.58 Å². The average molecular weight is 276 g/mol. The first-order valence-corrected chi connectivity index (χ1v) is 5.13. The van der Waals surface area contributed by atoms with Crippen LogP contribution in [0, 0.1) is 34.9 Å². The zero-order valence-electron chi connectivity index (χ0n) is 9.34. The van der Waals surface area contributed by atoms with Gasteiger partial charge in [-0.25, -0.2) is 26.3 Å². The van der Waals surface area contributed by atoms with Gasteiger partial charge in [0.2, 0.25) is 0 Å². The third-order valence-corrected chi connectivity index (χ3v) is 2.69. The van der Waals surface area contributed by atoms with Gasteiger partial charge >= 0.3 is 0 Å². The second-order valence-corrected chi connectivity index (χ2v) is 3.82. The highest BCUT2D eigenvalue weighted by Crippen LogP contribution is 2.33. The highest BCUT2D eigenvalue weighted by Gasteiger charge is 2.26. The normalized spacial score (nSPS) is 11.1. The van der Waals surface area contributed by atoms with Crippen molar-refractivity contribution in [2.45, 2.75) is 6.42 Å². The number of halogens is 6. The second kappa shape index (κ2) is 4.60. The van der Waals surface area contributed by atoms with Crippen molar-refractivity contribution in [2.75, 3.05) is 0 Å². The topological polar surface area (TPSA) is 0 Å². The van der Waals surface area contributed by atoms with Gasteiger partial charge in [0.05, 0.1) is 5.39 Å². The number of hydrogen-bond donors (Lipinski definition) is 0. The van der Waals surface area contributed by atoms with E-state index in [2.05, 4.69) is 6.58 Å². The van der Waals surface area contributed by atoms with Crippen molar-refractivity contribution < 1.29 is 26.3 Å². The number of fused-ring (bicyclic) bond motifs is 1. The molecule has 0 unspecified atom stereocenters. The Hall–Kier alpha value is -1.98. The monoisotopic (exact) mass is 276 g/mol. The van der Waals surface area contributed by atoms with Crippen molar-refractivity contribution >= 4 is 10.8 Å². The van der Waals surface area contributed by atoms with Crippen molar-refractivity contribution in [3.05, 3.63) is 59.2 Å². The maximum atomic E-state index is 13.6. The van der Waals surface area contributed by atoms with Crippen LogP contribution < -0.4 is 0 Å². The molecule has 0 N–H and O–H groups in total. The fourth-order valence-corrected chi connectivity index (χ4v) is 1.88. The van der Waals surface area contributed by atoms with E-state index in [-0.39, 0.29) is 6.07 Å². The molecule has 0 aromatic heterocycles. The van der Waals surface area contributed by atoms with E-state index in [0.29, 0.717) is 0 Å². The van der Waals surface area contributed by atoms with Gasteiger partial charge in [0, 0.05) is 17.0 Å². The molecule has 0 nitrogen and oxygen atoms in total. The molecule has 0 saturated heterocycles. The molecular formula is C13H6F6. The molecule has 19 heavy (non-hydrogen) atoms. The maximum Gasteiger partial charge on any atom is 0.195 e.